The molecule has 5 heterocycles. The molecule has 8 amide bonds. The van der Waals surface area contributed by atoms with Crippen molar-refractivity contribution in [2.45, 2.75) is 97.1 Å². The number of halogens is 2. The van der Waals surface area contributed by atoms with Crippen LogP contribution in [0.5, 0.6) is 11.5 Å². The predicted molar refractivity (Wildman–Crippen MR) is 435 cm³/mol. The standard InChI is InChI=1S/C76H100Cl2N11O20PS3/c1-45(2)65(84-59(91)14-19-101-21-23-103-25-27-105-29-30-106-28-26-104-24-22-102-20-18-87-60(92)34-58(113-7)69(87)94)55(90)31-49(9-8-15-80-72(79)97)68(93)83-52-12-10-48(11-13-52)41-107-73(111)85(5)16-17-86(6)74(112)108-56-32-53-63(61-46(3)37-81-66(56)61)50(35-77)39-88(53)70(95)75-42-76(43-75,44-75)71(96)89-40-51(36-78)64-54(89)33-57(109-110(98,99)100)67-62(64)47(4)38-82-67/h10-13,32-34,37-38,45,49-51,65,81-82H,8-9,14-31,35-36,39-44H2,1-7H3,(H,83,93)(H,84,91)(H3,79,80,97)(H2,98,99,100)/t49-,50-,51-,65+,75?,76?/m1/s1. The van der Waals surface area contributed by atoms with E-state index in [4.69, 9.17) is 95.8 Å². The number of Topliss-reactive ketones (excluding diaryl/α,β-unsaturated/α-hetero) is 1. The lowest BCUT2D eigenvalue weighted by Crippen LogP contribution is -2.73. The number of phosphoric acid groups is 1. The third-order valence-corrected chi connectivity index (χ3v) is 23.6. The van der Waals surface area contributed by atoms with Crippen molar-refractivity contribution in [1.82, 2.24) is 35.3 Å². The van der Waals surface area contributed by atoms with Crippen LogP contribution in [-0.2, 0) is 77.9 Å². The van der Waals surface area contributed by atoms with Gasteiger partial charge in [0, 0.05) is 136 Å². The van der Waals surface area contributed by atoms with Crippen LogP contribution in [0.15, 0.2) is 59.8 Å². The Balaban J connectivity index is 0.623. The highest BCUT2D eigenvalue weighted by atomic mass is 35.5. The van der Waals surface area contributed by atoms with Gasteiger partial charge in [0.2, 0.25) is 23.6 Å². The molecule has 0 spiro atoms. The summed E-state index contributed by atoms with van der Waals surface area (Å²) in [6.45, 7) is 12.8. The largest absolute Gasteiger partial charge is 0.524 e. The first-order valence-corrected chi connectivity index (χ1v) is 42.1. The van der Waals surface area contributed by atoms with Gasteiger partial charge in [-0.1, -0.05) is 26.0 Å². The molecule has 37 heteroatoms. The second kappa shape index (κ2) is 39.9. The van der Waals surface area contributed by atoms with E-state index in [1.807, 2.05) is 26.1 Å². The topological polar surface area (TPSA) is 387 Å². The van der Waals surface area contributed by atoms with Gasteiger partial charge >= 0.3 is 13.9 Å². The Kier molecular flexibility index (Phi) is 31.0. The minimum absolute atomic E-state index is 0.0139. The van der Waals surface area contributed by atoms with Gasteiger partial charge in [-0.15, -0.1) is 35.0 Å². The smallest absolute Gasteiger partial charge is 0.466 e. The Morgan fingerprint density at radius 2 is 1.23 bits per heavy atom. The Morgan fingerprint density at radius 3 is 1.72 bits per heavy atom. The Hall–Kier alpha value is -7.54. The number of anilines is 3. The first-order chi connectivity index (χ1) is 54.0. The molecule has 3 aliphatic carbocycles. The maximum atomic E-state index is 15.0. The Bertz CT molecular complexity index is 4390. The van der Waals surface area contributed by atoms with Crippen LogP contribution in [-0.4, -0.2) is 249 Å². The molecular formula is C76H100Cl2N11O20PS3. The molecule has 0 saturated heterocycles. The van der Waals surface area contributed by atoms with Crippen molar-refractivity contribution in [2.24, 2.45) is 28.4 Å². The van der Waals surface area contributed by atoms with Crippen LogP contribution in [0.3, 0.4) is 0 Å². The monoisotopic (exact) mass is 1680 g/mol. The minimum atomic E-state index is -4.98. The summed E-state index contributed by atoms with van der Waals surface area (Å²) < 4.78 is 63.0. The Morgan fingerprint density at radius 1 is 0.735 bits per heavy atom. The second-order valence-electron chi connectivity index (χ2n) is 29.2. The van der Waals surface area contributed by atoms with Crippen LogP contribution in [0.2, 0.25) is 0 Å². The number of rotatable bonds is 45. The SMILES string of the molecule is CSC1=CC(=O)N(CCOCCOCCOCCOCCOCCOCCC(=O)N[C@H](C(=O)C[C@@H](CCCNC(N)=O)C(=O)Nc2ccc(COC(=S)N(C)CCN(C)C(=S)Oc3cc4c(c5c(C)c[nH]c35)[C@H](CCl)CN4C(=O)C34CC(C(=O)N5C[C@@H](CCl)c6c5cc(OP(=O)(O)O)c5[nH]cc(C)c65)(C3)C4)cc2)C(C)C)C1=O. The summed E-state index contributed by atoms with van der Waals surface area (Å²) in [5.74, 6) is -2.89. The molecular weight excluding hydrogens is 1580 g/mol. The number of phosphoric ester groups is 1. The van der Waals surface area contributed by atoms with Crippen molar-refractivity contribution in [3.63, 3.8) is 0 Å². The second-order valence-corrected chi connectivity index (χ2v) is 32.6. The first kappa shape index (κ1) is 87.8. The number of thioether (sulfide) groups is 1. The molecule has 4 atom stereocenters. The molecule has 31 nitrogen and oxygen atoms in total. The van der Waals surface area contributed by atoms with Gasteiger partial charge in [0.1, 0.15) is 6.61 Å². The number of aryl methyl sites for hydroxylation is 2. The summed E-state index contributed by atoms with van der Waals surface area (Å²) >= 11 is 26.1. The number of thiocarbonyl (C=S) groups is 2. The number of fused-ring (bicyclic) bond motifs is 6. The van der Waals surface area contributed by atoms with Crippen molar-refractivity contribution in [3.05, 3.63) is 87.6 Å². The zero-order chi connectivity index (χ0) is 81.5. The molecule has 0 radical (unpaired) electrons. The number of hydrogen-bond donors (Lipinski definition) is 8. The molecule has 3 aromatic carbocycles. The molecule has 616 valence electrons. The normalized spacial score (nSPS) is 18.7. The summed E-state index contributed by atoms with van der Waals surface area (Å²) in [7, 11) is -1.40. The van der Waals surface area contributed by atoms with E-state index in [1.165, 1.54) is 23.9 Å². The van der Waals surface area contributed by atoms with Gasteiger partial charge in [-0.25, -0.2) is 9.36 Å². The first-order valence-electron chi connectivity index (χ1n) is 37.5. The molecule has 2 aromatic heterocycles. The van der Waals surface area contributed by atoms with Crippen molar-refractivity contribution in [3.8, 4) is 11.5 Å². The van der Waals surface area contributed by atoms with E-state index in [1.54, 1.807) is 84.3 Å². The van der Waals surface area contributed by atoms with E-state index < -0.39 is 48.5 Å². The number of nitrogens with zero attached hydrogens (tertiary/aromatic N) is 5. The number of primary amides is 1. The number of carbonyl (C=O) groups excluding carboxylic acids is 8. The van der Waals surface area contributed by atoms with Crippen LogP contribution >= 0.6 is 67.2 Å². The van der Waals surface area contributed by atoms with E-state index in [9.17, 15) is 47.9 Å². The summed E-state index contributed by atoms with van der Waals surface area (Å²) in [4.78, 5) is 141. The van der Waals surface area contributed by atoms with Crippen molar-refractivity contribution in [1.29, 1.82) is 0 Å². The summed E-state index contributed by atoms with van der Waals surface area (Å²) in [5.41, 5.74) is 10.6. The van der Waals surface area contributed by atoms with Crippen LogP contribution in [0.4, 0.5) is 21.9 Å². The van der Waals surface area contributed by atoms with Gasteiger partial charge < -0.3 is 93.7 Å². The van der Waals surface area contributed by atoms with Crippen LogP contribution < -0.4 is 40.7 Å². The highest BCUT2D eigenvalue weighted by molar-refractivity contribution is 8.03. The number of likely N-dealkylation sites (N-methyl/N-ethyl adjacent to an activating group) is 2. The molecule has 6 aliphatic rings. The number of nitrogens with one attached hydrogen (secondary N) is 5. The molecule has 3 aliphatic heterocycles. The number of alkyl halides is 2. The lowest BCUT2D eigenvalue weighted by Gasteiger charge is -2.69. The number of hydrogen-bond acceptors (Lipinski definition) is 21. The highest BCUT2D eigenvalue weighted by Gasteiger charge is 2.76. The van der Waals surface area contributed by atoms with Gasteiger partial charge in [-0.2, -0.15) is 0 Å². The number of ketones is 1. The summed E-state index contributed by atoms with van der Waals surface area (Å²) in [6.07, 6.45) is 8.02. The van der Waals surface area contributed by atoms with Gasteiger partial charge in [0.25, 0.3) is 22.2 Å². The van der Waals surface area contributed by atoms with Gasteiger partial charge in [0.05, 0.1) is 130 Å². The molecule has 2 bridgehead atoms. The summed E-state index contributed by atoms with van der Waals surface area (Å²) in [5, 5.41) is 10.2. The molecule has 113 heavy (non-hydrogen) atoms. The molecule has 5 aromatic rings. The average Bonchev–Trinajstić information content (AvgIpc) is 1.57. The van der Waals surface area contributed by atoms with Crippen LogP contribution in [0.25, 0.3) is 21.8 Å². The quantitative estimate of drug-likeness (QED) is 0.00598. The number of aromatic nitrogens is 2. The number of ether oxygens (including phenoxy) is 8. The number of H-pyrrole nitrogens is 2. The number of carbonyl (C=O) groups is 8. The fraction of sp³-hybridized carbons (Fsp3) is 0.553. The molecule has 3 saturated carbocycles. The lowest BCUT2D eigenvalue weighted by atomic mass is 9.34. The van der Waals surface area contributed by atoms with E-state index in [-0.39, 0.29) is 147 Å². The average molecular weight is 1690 g/mol. The number of nitrogens with two attached hydrogens (primary N) is 1. The summed E-state index contributed by atoms with van der Waals surface area (Å²) in [6, 6.07) is 8.68. The number of urea groups is 1. The maximum absolute atomic E-state index is 15.0. The third-order valence-electron chi connectivity index (χ3n) is 20.8. The highest BCUT2D eigenvalue weighted by Crippen LogP contribution is 2.75. The third kappa shape index (κ3) is 21.6. The van der Waals surface area contributed by atoms with Gasteiger partial charge in [-0.05, 0) is 123 Å². The number of aromatic amines is 2. The van der Waals surface area contributed by atoms with Crippen molar-refractivity contribution in [2.75, 3.05) is 166 Å². The van der Waals surface area contributed by atoms with E-state index >= 15 is 4.79 Å². The minimum Gasteiger partial charge on any atom is -0.466 e. The zero-order valence-electron chi connectivity index (χ0n) is 64.4. The van der Waals surface area contributed by atoms with Crippen molar-refractivity contribution >= 4 is 164 Å². The fourth-order valence-electron chi connectivity index (χ4n) is 15.1. The molecule has 9 N–H and O–H groups in total. The Labute approximate surface area is 680 Å². The van der Waals surface area contributed by atoms with Gasteiger partial charge in [0.15, 0.2) is 17.3 Å². The van der Waals surface area contributed by atoms with Crippen molar-refractivity contribution < 1.29 is 95.1 Å². The number of benzene rings is 3. The predicted octanol–water partition coefficient (Wildman–Crippen LogP) is 8.18. The van der Waals surface area contributed by atoms with E-state index in [0.29, 0.717) is 142 Å². The lowest BCUT2D eigenvalue weighted by molar-refractivity contribution is -0.205. The maximum Gasteiger partial charge on any atom is 0.524 e. The van der Waals surface area contributed by atoms with Crippen LogP contribution in [0, 0.1) is 36.5 Å². The molecule has 0 unspecified atom stereocenters. The zero-order valence-corrected chi connectivity index (χ0v) is 69.2. The van der Waals surface area contributed by atoms with E-state index in [0.717, 1.165) is 38.1 Å². The molecule has 3 fully saturated rings. The van der Waals surface area contributed by atoms with E-state index in [2.05, 4.69) is 25.9 Å². The molecule has 11 rings (SSSR count). The fourth-order valence-corrected chi connectivity index (χ4v) is 16.8. The van der Waals surface area contributed by atoms with Crippen LogP contribution in [0.1, 0.15) is 98.4 Å². The number of amides is 8. The number of imide groups is 1. The van der Waals surface area contributed by atoms with Gasteiger partial charge in [-0.3, -0.25) is 48.2 Å².